The maximum atomic E-state index is 11.4. The third kappa shape index (κ3) is 3.37. The smallest absolute Gasteiger partial charge is 0.312 e. The van der Waals surface area contributed by atoms with E-state index in [9.17, 15) is 13.0 Å². The fraction of sp³-hybridized carbons (Fsp3) is 0.333. The zero-order valence-electron chi connectivity index (χ0n) is 7.92. The second-order valence-corrected chi connectivity index (χ2v) is 6.08. The van der Waals surface area contributed by atoms with Gasteiger partial charge in [-0.05, 0) is 18.4 Å². The molecule has 1 aromatic rings. The summed E-state index contributed by atoms with van der Waals surface area (Å²) in [5.41, 5.74) is 0. The standard InChI is InChI=1S/C6H9O6PS2/c1-5-6(3-4-14-5)15(8,9)12-11-13(7)10-2/h3-4,13H,1-2H3. The summed E-state index contributed by atoms with van der Waals surface area (Å²) in [7, 11) is -5.81. The Morgan fingerprint density at radius 1 is 1.47 bits per heavy atom. The summed E-state index contributed by atoms with van der Waals surface area (Å²) in [4.78, 5) is 0.564. The van der Waals surface area contributed by atoms with Crippen molar-refractivity contribution >= 4 is 29.7 Å². The predicted octanol–water partition coefficient (Wildman–Crippen LogP) is 1.73. The van der Waals surface area contributed by atoms with Gasteiger partial charge in [0.15, 0.2) is 0 Å². The van der Waals surface area contributed by atoms with E-state index in [0.717, 1.165) is 7.11 Å². The van der Waals surface area contributed by atoms with E-state index in [4.69, 9.17) is 0 Å². The van der Waals surface area contributed by atoms with Gasteiger partial charge in [-0.1, -0.05) is 4.33 Å². The van der Waals surface area contributed by atoms with Gasteiger partial charge >= 0.3 is 18.4 Å². The van der Waals surface area contributed by atoms with Crippen LogP contribution in [0.15, 0.2) is 16.3 Å². The maximum Gasteiger partial charge on any atom is 0.348 e. The fourth-order valence-corrected chi connectivity index (χ4v) is 3.21. The van der Waals surface area contributed by atoms with E-state index >= 15 is 0 Å². The number of hydrogen-bond donors (Lipinski definition) is 0. The Morgan fingerprint density at radius 2 is 2.13 bits per heavy atom. The molecule has 0 amide bonds. The zero-order chi connectivity index (χ0) is 11.5. The molecule has 6 nitrogen and oxygen atoms in total. The van der Waals surface area contributed by atoms with Crippen molar-refractivity contribution in [3.05, 3.63) is 16.3 Å². The van der Waals surface area contributed by atoms with Gasteiger partial charge in [0, 0.05) is 12.0 Å². The largest absolute Gasteiger partial charge is 0.348 e. The lowest BCUT2D eigenvalue weighted by Gasteiger charge is -2.02. The molecule has 0 radical (unpaired) electrons. The first-order valence-corrected chi connectivity index (χ1v) is 7.22. The summed E-state index contributed by atoms with van der Waals surface area (Å²) < 4.78 is 45.9. The van der Waals surface area contributed by atoms with Crippen molar-refractivity contribution in [1.82, 2.24) is 0 Å². The SMILES string of the molecule is CO[PH](=O)OOS(=O)(=O)c1ccsc1C. The molecule has 1 unspecified atom stereocenters. The van der Waals surface area contributed by atoms with Crippen LogP contribution in [-0.2, 0) is 28.2 Å². The lowest BCUT2D eigenvalue weighted by atomic mass is 10.5. The minimum Gasteiger partial charge on any atom is -0.312 e. The van der Waals surface area contributed by atoms with Crippen molar-refractivity contribution in [2.75, 3.05) is 7.11 Å². The molecular formula is C6H9O6PS2. The number of aryl methyl sites for hydroxylation is 1. The van der Waals surface area contributed by atoms with E-state index in [2.05, 4.69) is 13.5 Å². The highest BCUT2D eigenvalue weighted by molar-refractivity contribution is 7.87. The van der Waals surface area contributed by atoms with Crippen molar-refractivity contribution in [1.29, 1.82) is 0 Å². The molecule has 1 aromatic heterocycles. The zero-order valence-corrected chi connectivity index (χ0v) is 10.6. The average molecular weight is 272 g/mol. The molecule has 1 rings (SSSR count). The molecule has 0 aromatic carbocycles. The van der Waals surface area contributed by atoms with Crippen molar-refractivity contribution in [2.24, 2.45) is 0 Å². The van der Waals surface area contributed by atoms with Gasteiger partial charge in [0.25, 0.3) is 0 Å². The molecule has 86 valence electrons. The highest BCUT2D eigenvalue weighted by Crippen LogP contribution is 2.28. The van der Waals surface area contributed by atoms with Gasteiger partial charge in [0.1, 0.15) is 4.90 Å². The van der Waals surface area contributed by atoms with E-state index in [1.165, 1.54) is 17.4 Å². The average Bonchev–Trinajstić information content (AvgIpc) is 2.61. The van der Waals surface area contributed by atoms with E-state index in [1.807, 2.05) is 0 Å². The summed E-state index contributed by atoms with van der Waals surface area (Å²) in [5.74, 6) is 0. The fourth-order valence-electron chi connectivity index (χ4n) is 0.776. The van der Waals surface area contributed by atoms with Crippen LogP contribution in [0, 0.1) is 6.92 Å². The number of hydrogen-bond acceptors (Lipinski definition) is 7. The van der Waals surface area contributed by atoms with Crippen LogP contribution in [-0.4, -0.2) is 15.5 Å². The van der Waals surface area contributed by atoms with Gasteiger partial charge in [0.2, 0.25) is 0 Å². The molecule has 0 aliphatic heterocycles. The first-order valence-electron chi connectivity index (χ1n) is 3.70. The third-order valence-electron chi connectivity index (χ3n) is 1.44. The Balaban J connectivity index is 2.77. The number of thiophene rings is 1. The molecule has 0 aliphatic carbocycles. The minimum absolute atomic E-state index is 0.00148. The molecule has 0 aliphatic rings. The maximum absolute atomic E-state index is 11.4. The van der Waals surface area contributed by atoms with Crippen LogP contribution < -0.4 is 0 Å². The van der Waals surface area contributed by atoms with Crippen LogP contribution >= 0.6 is 19.6 Å². The summed E-state index contributed by atoms with van der Waals surface area (Å²) in [5, 5.41) is 1.60. The summed E-state index contributed by atoms with van der Waals surface area (Å²) in [6, 6.07) is 1.38. The molecule has 0 saturated heterocycles. The van der Waals surface area contributed by atoms with Crippen molar-refractivity contribution in [3.63, 3.8) is 0 Å². The molecule has 1 heterocycles. The first-order chi connectivity index (χ1) is 6.97. The van der Waals surface area contributed by atoms with Gasteiger partial charge in [-0.25, -0.2) is 0 Å². The Bertz CT molecular complexity index is 450. The van der Waals surface area contributed by atoms with Crippen molar-refractivity contribution in [3.8, 4) is 0 Å². The lowest BCUT2D eigenvalue weighted by Crippen LogP contribution is -2.04. The molecule has 15 heavy (non-hydrogen) atoms. The van der Waals surface area contributed by atoms with Gasteiger partial charge < -0.3 is 4.52 Å². The normalized spacial score (nSPS) is 14.0. The van der Waals surface area contributed by atoms with Crippen molar-refractivity contribution in [2.45, 2.75) is 11.8 Å². The summed E-state index contributed by atoms with van der Waals surface area (Å²) >= 11 is 1.26. The van der Waals surface area contributed by atoms with E-state index in [1.54, 1.807) is 12.3 Å². The molecule has 0 bridgehead atoms. The lowest BCUT2D eigenvalue weighted by molar-refractivity contribution is -0.0962. The monoisotopic (exact) mass is 272 g/mol. The van der Waals surface area contributed by atoms with Crippen LogP contribution in [0.25, 0.3) is 0 Å². The quantitative estimate of drug-likeness (QED) is 0.461. The van der Waals surface area contributed by atoms with Gasteiger partial charge in [-0.3, -0.25) is 4.57 Å². The van der Waals surface area contributed by atoms with E-state index < -0.39 is 18.4 Å². The Morgan fingerprint density at radius 3 is 2.60 bits per heavy atom. The molecule has 1 atom stereocenters. The molecule has 0 fully saturated rings. The highest BCUT2D eigenvalue weighted by atomic mass is 32.2. The Kier molecular flexibility index (Phi) is 4.45. The van der Waals surface area contributed by atoms with Crippen LogP contribution in [0.5, 0.6) is 0 Å². The molecule has 0 spiro atoms. The second kappa shape index (κ2) is 5.20. The van der Waals surface area contributed by atoms with Gasteiger partial charge in [0.05, 0.1) is 0 Å². The Labute approximate surface area is 91.8 Å². The van der Waals surface area contributed by atoms with Crippen LogP contribution in [0.1, 0.15) is 4.88 Å². The van der Waals surface area contributed by atoms with E-state index in [0.29, 0.717) is 4.88 Å². The molecule has 9 heteroatoms. The molecule has 0 N–H and O–H groups in total. The number of rotatable bonds is 5. The van der Waals surface area contributed by atoms with Gasteiger partial charge in [-0.2, -0.15) is 8.42 Å². The minimum atomic E-state index is -4.02. The Hall–Kier alpha value is -0.240. The summed E-state index contributed by atoms with van der Waals surface area (Å²) in [6.45, 7) is 1.63. The van der Waals surface area contributed by atoms with Crippen LogP contribution in [0.4, 0.5) is 0 Å². The van der Waals surface area contributed by atoms with Gasteiger partial charge in [-0.15, -0.1) is 16.0 Å². The second-order valence-electron chi connectivity index (χ2n) is 2.40. The molecule has 0 saturated carbocycles. The topological polar surface area (TPSA) is 78.9 Å². The molecular weight excluding hydrogens is 263 g/mol. The van der Waals surface area contributed by atoms with Crippen LogP contribution in [0.3, 0.4) is 0 Å². The van der Waals surface area contributed by atoms with E-state index in [-0.39, 0.29) is 4.90 Å². The highest BCUT2D eigenvalue weighted by Gasteiger charge is 2.21. The summed E-state index contributed by atoms with van der Waals surface area (Å²) in [6.07, 6.45) is 0. The predicted molar refractivity (Wildman–Crippen MR) is 54.4 cm³/mol. The van der Waals surface area contributed by atoms with Crippen LogP contribution in [0.2, 0.25) is 0 Å². The van der Waals surface area contributed by atoms with Crippen molar-refractivity contribution < 1.29 is 26.5 Å². The first kappa shape index (κ1) is 12.8. The third-order valence-corrected chi connectivity index (χ3v) is 4.32.